The molecule has 1 atom stereocenters. The van der Waals surface area contributed by atoms with Gasteiger partial charge in [-0.05, 0) is 36.2 Å². The lowest BCUT2D eigenvalue weighted by Crippen LogP contribution is -2.53. The van der Waals surface area contributed by atoms with Crippen LogP contribution in [0.4, 0.5) is 4.39 Å². The number of nitrogens with two attached hydrogens (primary N) is 2. The van der Waals surface area contributed by atoms with E-state index in [1.165, 1.54) is 18.2 Å². The van der Waals surface area contributed by atoms with Crippen LogP contribution in [0.25, 0.3) is 0 Å². The number of carbonyl (C=O) groups is 1. The lowest BCUT2D eigenvalue weighted by Gasteiger charge is -2.26. The molecule has 1 unspecified atom stereocenters. The van der Waals surface area contributed by atoms with E-state index in [2.05, 4.69) is 0 Å². The Morgan fingerprint density at radius 2 is 1.90 bits per heavy atom. The molecule has 0 radical (unpaired) electrons. The quantitative estimate of drug-likeness (QED) is 0.881. The summed E-state index contributed by atoms with van der Waals surface area (Å²) in [5.41, 5.74) is 11.3. The van der Waals surface area contributed by atoms with Crippen molar-refractivity contribution in [1.82, 2.24) is 0 Å². The Morgan fingerprint density at radius 3 is 2.48 bits per heavy atom. The van der Waals surface area contributed by atoms with Crippen molar-refractivity contribution in [1.29, 1.82) is 0 Å². The van der Waals surface area contributed by atoms with Gasteiger partial charge in [0.1, 0.15) is 18.2 Å². The Bertz CT molecular complexity index is 646. The lowest BCUT2D eigenvalue weighted by molar-refractivity contribution is -0.124. The maximum atomic E-state index is 13.1. The summed E-state index contributed by atoms with van der Waals surface area (Å²) < 4.78 is 18.6. The van der Waals surface area contributed by atoms with Crippen LogP contribution in [0.1, 0.15) is 11.1 Å². The highest BCUT2D eigenvalue weighted by molar-refractivity contribution is 5.86. The van der Waals surface area contributed by atoms with E-state index in [0.717, 1.165) is 0 Å². The third-order valence-corrected chi connectivity index (χ3v) is 3.32. The molecule has 0 spiro atoms. The molecule has 0 bridgehead atoms. The summed E-state index contributed by atoms with van der Waals surface area (Å²) in [5.74, 6) is -0.575. The number of amides is 1. The predicted molar refractivity (Wildman–Crippen MR) is 78.1 cm³/mol. The Hall–Kier alpha value is -2.40. The van der Waals surface area contributed by atoms with E-state index in [1.807, 2.05) is 6.07 Å². The second-order valence-electron chi connectivity index (χ2n) is 4.90. The maximum absolute atomic E-state index is 13.1. The highest BCUT2D eigenvalue weighted by Crippen LogP contribution is 2.23. The number of rotatable bonds is 5. The Labute approximate surface area is 122 Å². The second kappa shape index (κ2) is 5.93. The Morgan fingerprint density at radius 1 is 1.24 bits per heavy atom. The third-order valence-electron chi connectivity index (χ3n) is 3.32. The Kier molecular flexibility index (Phi) is 4.23. The van der Waals surface area contributed by atoms with Crippen LogP contribution in [0, 0.1) is 12.7 Å². The fraction of sp³-hybridized carbons (Fsp3) is 0.188. The zero-order valence-corrected chi connectivity index (χ0v) is 11.7. The summed E-state index contributed by atoms with van der Waals surface area (Å²) >= 11 is 0. The van der Waals surface area contributed by atoms with Gasteiger partial charge in [-0.15, -0.1) is 0 Å². The molecule has 0 heterocycles. The van der Waals surface area contributed by atoms with Crippen LogP contribution in [-0.4, -0.2) is 12.5 Å². The number of benzene rings is 2. The molecule has 0 saturated carbocycles. The number of primary amides is 1. The van der Waals surface area contributed by atoms with Crippen molar-refractivity contribution in [3.05, 3.63) is 65.5 Å². The average Bonchev–Trinajstić information content (AvgIpc) is 2.46. The number of aryl methyl sites for hydroxylation is 1. The lowest BCUT2D eigenvalue weighted by atomic mass is 9.91. The van der Waals surface area contributed by atoms with E-state index in [-0.39, 0.29) is 12.4 Å². The van der Waals surface area contributed by atoms with Crippen molar-refractivity contribution in [2.45, 2.75) is 12.5 Å². The first-order chi connectivity index (χ1) is 9.93. The summed E-state index contributed by atoms with van der Waals surface area (Å²) in [5, 5.41) is 0. The fourth-order valence-corrected chi connectivity index (χ4v) is 2.00. The topological polar surface area (TPSA) is 78.3 Å². The smallest absolute Gasteiger partial charge is 0.245 e. The molecule has 0 aliphatic carbocycles. The number of ether oxygens (including phenoxy) is 1. The van der Waals surface area contributed by atoms with Crippen molar-refractivity contribution < 1.29 is 13.9 Å². The van der Waals surface area contributed by atoms with Crippen molar-refractivity contribution >= 4 is 5.91 Å². The van der Waals surface area contributed by atoms with Crippen LogP contribution >= 0.6 is 0 Å². The SMILES string of the molecule is Cc1cc(F)ccc1OCC(N)(C(N)=O)c1ccccc1. The van der Waals surface area contributed by atoms with Gasteiger partial charge in [0, 0.05) is 0 Å². The molecular formula is C16H17FN2O2. The van der Waals surface area contributed by atoms with E-state index in [4.69, 9.17) is 16.2 Å². The van der Waals surface area contributed by atoms with Crippen LogP contribution in [0.15, 0.2) is 48.5 Å². The molecule has 0 aliphatic rings. The van der Waals surface area contributed by atoms with Gasteiger partial charge in [0.2, 0.25) is 5.91 Å². The van der Waals surface area contributed by atoms with Crippen LogP contribution in [0.3, 0.4) is 0 Å². The molecule has 0 saturated heterocycles. The monoisotopic (exact) mass is 288 g/mol. The van der Waals surface area contributed by atoms with Gasteiger partial charge in [-0.3, -0.25) is 4.79 Å². The molecule has 2 aromatic rings. The average molecular weight is 288 g/mol. The van der Waals surface area contributed by atoms with Crippen molar-refractivity contribution in [2.75, 3.05) is 6.61 Å². The fourth-order valence-electron chi connectivity index (χ4n) is 2.00. The maximum Gasteiger partial charge on any atom is 0.245 e. The van der Waals surface area contributed by atoms with Crippen LogP contribution < -0.4 is 16.2 Å². The molecular weight excluding hydrogens is 271 g/mol. The highest BCUT2D eigenvalue weighted by atomic mass is 19.1. The van der Waals surface area contributed by atoms with E-state index in [1.54, 1.807) is 31.2 Å². The molecule has 4 nitrogen and oxygen atoms in total. The van der Waals surface area contributed by atoms with Gasteiger partial charge in [0.15, 0.2) is 5.54 Å². The minimum atomic E-state index is -1.44. The van der Waals surface area contributed by atoms with E-state index in [0.29, 0.717) is 16.9 Å². The van der Waals surface area contributed by atoms with E-state index in [9.17, 15) is 9.18 Å². The first kappa shape index (κ1) is 15.0. The van der Waals surface area contributed by atoms with Crippen molar-refractivity contribution in [3.8, 4) is 5.75 Å². The molecule has 4 N–H and O–H groups in total. The summed E-state index contributed by atoms with van der Waals surface area (Å²) in [6, 6.07) is 12.9. The number of carbonyl (C=O) groups excluding carboxylic acids is 1. The molecule has 0 aromatic heterocycles. The largest absolute Gasteiger partial charge is 0.490 e. The zero-order chi connectivity index (χ0) is 15.5. The van der Waals surface area contributed by atoms with Gasteiger partial charge in [-0.1, -0.05) is 30.3 Å². The normalized spacial score (nSPS) is 13.5. The van der Waals surface area contributed by atoms with Crippen molar-refractivity contribution in [3.63, 3.8) is 0 Å². The molecule has 110 valence electrons. The molecule has 0 aliphatic heterocycles. The predicted octanol–water partition coefficient (Wildman–Crippen LogP) is 1.85. The molecule has 2 rings (SSSR count). The minimum Gasteiger partial charge on any atom is -0.490 e. The van der Waals surface area contributed by atoms with E-state index < -0.39 is 11.4 Å². The van der Waals surface area contributed by atoms with Crippen LogP contribution in [-0.2, 0) is 10.3 Å². The minimum absolute atomic E-state index is 0.126. The second-order valence-corrected chi connectivity index (χ2v) is 4.90. The summed E-state index contributed by atoms with van der Waals surface area (Å²) in [4.78, 5) is 11.7. The standard InChI is InChI=1S/C16H17FN2O2/c1-11-9-13(17)7-8-14(11)21-10-16(19,15(18)20)12-5-3-2-4-6-12/h2-9H,10,19H2,1H3,(H2,18,20). The molecule has 2 aromatic carbocycles. The number of hydrogen-bond acceptors (Lipinski definition) is 3. The van der Waals surface area contributed by atoms with Gasteiger partial charge in [0.05, 0.1) is 0 Å². The summed E-state index contributed by atoms with van der Waals surface area (Å²) in [6.45, 7) is 1.59. The molecule has 0 fully saturated rings. The number of halogens is 1. The van der Waals surface area contributed by atoms with Gasteiger partial charge in [-0.2, -0.15) is 0 Å². The molecule has 21 heavy (non-hydrogen) atoms. The van der Waals surface area contributed by atoms with Gasteiger partial charge >= 0.3 is 0 Å². The van der Waals surface area contributed by atoms with E-state index >= 15 is 0 Å². The first-order valence-corrected chi connectivity index (χ1v) is 6.47. The summed E-state index contributed by atoms with van der Waals surface area (Å²) in [7, 11) is 0. The summed E-state index contributed by atoms with van der Waals surface area (Å²) in [6.07, 6.45) is 0. The van der Waals surface area contributed by atoms with Crippen molar-refractivity contribution in [2.24, 2.45) is 11.5 Å². The van der Waals surface area contributed by atoms with Gasteiger partial charge in [0.25, 0.3) is 0 Å². The highest BCUT2D eigenvalue weighted by Gasteiger charge is 2.35. The zero-order valence-electron chi connectivity index (χ0n) is 11.7. The van der Waals surface area contributed by atoms with Gasteiger partial charge in [-0.25, -0.2) is 4.39 Å². The Balaban J connectivity index is 2.23. The first-order valence-electron chi connectivity index (χ1n) is 6.47. The van der Waals surface area contributed by atoms with Crippen LogP contribution in [0.5, 0.6) is 5.75 Å². The van der Waals surface area contributed by atoms with Crippen LogP contribution in [0.2, 0.25) is 0 Å². The molecule has 1 amide bonds. The van der Waals surface area contributed by atoms with Gasteiger partial charge < -0.3 is 16.2 Å². The third kappa shape index (κ3) is 3.20. The molecule has 5 heteroatoms. The number of hydrogen-bond donors (Lipinski definition) is 2.